The van der Waals surface area contributed by atoms with Gasteiger partial charge in [-0.1, -0.05) is 6.92 Å². The third-order valence-corrected chi connectivity index (χ3v) is 4.81. The molecule has 1 aliphatic heterocycles. The first-order valence-electron chi connectivity index (χ1n) is 9.29. The summed E-state index contributed by atoms with van der Waals surface area (Å²) in [5.74, 6) is -0.475. The molecule has 0 aromatic heterocycles. The smallest absolute Gasteiger partial charge is 0.253 e. The number of amides is 1. The molecule has 7 heteroatoms. The summed E-state index contributed by atoms with van der Waals surface area (Å²) < 4.78 is 32.0. The molecule has 1 heterocycles. The zero-order valence-corrected chi connectivity index (χ0v) is 16.6. The van der Waals surface area contributed by atoms with Crippen molar-refractivity contribution in [2.24, 2.45) is 5.92 Å². The highest BCUT2D eigenvalue weighted by molar-refractivity contribution is 5.94. The maximum Gasteiger partial charge on any atom is 0.253 e. The number of carbonyl (C=O) groups excluding carboxylic acids is 1. The standard InChI is InChI=1S/C21H24F2N2O2.ClH/c1-2-24-14-15-9-11-25(12-10-15)21(26)16-3-6-18(7-4-16)27-20-8-5-17(22)13-19(20)23;/h3-8,13,15,24H,2,9-12,14H2,1H3;1H. The van der Waals surface area contributed by atoms with E-state index < -0.39 is 11.6 Å². The molecule has 0 spiro atoms. The number of ether oxygens (including phenoxy) is 1. The van der Waals surface area contributed by atoms with Gasteiger partial charge in [-0.15, -0.1) is 12.4 Å². The van der Waals surface area contributed by atoms with Crippen LogP contribution in [0.25, 0.3) is 0 Å². The van der Waals surface area contributed by atoms with Crippen LogP contribution in [0.1, 0.15) is 30.1 Å². The van der Waals surface area contributed by atoms with Crippen molar-refractivity contribution in [3.63, 3.8) is 0 Å². The van der Waals surface area contributed by atoms with E-state index >= 15 is 0 Å². The van der Waals surface area contributed by atoms with Crippen LogP contribution < -0.4 is 10.1 Å². The first-order chi connectivity index (χ1) is 13.1. The van der Waals surface area contributed by atoms with Crippen LogP contribution in [0.2, 0.25) is 0 Å². The fourth-order valence-corrected chi connectivity index (χ4v) is 3.22. The van der Waals surface area contributed by atoms with Gasteiger partial charge in [-0.2, -0.15) is 0 Å². The largest absolute Gasteiger partial charge is 0.454 e. The number of likely N-dealkylation sites (tertiary alicyclic amines) is 1. The molecule has 0 saturated carbocycles. The van der Waals surface area contributed by atoms with Crippen molar-refractivity contribution in [2.45, 2.75) is 19.8 Å². The summed E-state index contributed by atoms with van der Waals surface area (Å²) in [7, 11) is 0. The number of halogens is 3. The van der Waals surface area contributed by atoms with Crippen molar-refractivity contribution in [1.82, 2.24) is 10.2 Å². The van der Waals surface area contributed by atoms with Crippen molar-refractivity contribution in [1.29, 1.82) is 0 Å². The lowest BCUT2D eigenvalue weighted by Crippen LogP contribution is -2.40. The van der Waals surface area contributed by atoms with Crippen molar-refractivity contribution < 1.29 is 18.3 Å². The van der Waals surface area contributed by atoms with Gasteiger partial charge in [0.25, 0.3) is 5.91 Å². The number of rotatable bonds is 6. The van der Waals surface area contributed by atoms with Crippen LogP contribution in [-0.4, -0.2) is 37.0 Å². The third-order valence-electron chi connectivity index (χ3n) is 4.81. The number of hydrogen-bond donors (Lipinski definition) is 1. The summed E-state index contributed by atoms with van der Waals surface area (Å²) >= 11 is 0. The maximum absolute atomic E-state index is 13.7. The van der Waals surface area contributed by atoms with Crippen molar-refractivity contribution in [2.75, 3.05) is 26.2 Å². The van der Waals surface area contributed by atoms with Crippen LogP contribution in [0.15, 0.2) is 42.5 Å². The molecule has 0 aliphatic carbocycles. The zero-order valence-electron chi connectivity index (χ0n) is 15.8. The summed E-state index contributed by atoms with van der Waals surface area (Å²) in [6.07, 6.45) is 2.01. The predicted octanol–water partition coefficient (Wildman–Crippen LogP) is 4.64. The Morgan fingerprint density at radius 3 is 2.43 bits per heavy atom. The van der Waals surface area contributed by atoms with E-state index in [1.807, 2.05) is 4.90 Å². The molecule has 0 atom stereocenters. The molecule has 1 saturated heterocycles. The molecule has 1 amide bonds. The highest BCUT2D eigenvalue weighted by Crippen LogP contribution is 2.26. The molecule has 2 aromatic rings. The van der Waals surface area contributed by atoms with E-state index in [0.29, 0.717) is 17.2 Å². The quantitative estimate of drug-likeness (QED) is 0.754. The van der Waals surface area contributed by atoms with E-state index in [4.69, 9.17) is 4.74 Å². The molecule has 0 radical (unpaired) electrons. The SMILES string of the molecule is CCNCC1CCN(C(=O)c2ccc(Oc3ccc(F)cc3F)cc2)CC1.Cl. The summed E-state index contributed by atoms with van der Waals surface area (Å²) in [6, 6.07) is 9.72. The van der Waals surface area contributed by atoms with Gasteiger partial charge in [-0.05, 0) is 68.2 Å². The number of carbonyl (C=O) groups is 1. The fraction of sp³-hybridized carbons (Fsp3) is 0.381. The van der Waals surface area contributed by atoms with Crippen LogP contribution in [-0.2, 0) is 0 Å². The fourth-order valence-electron chi connectivity index (χ4n) is 3.22. The van der Waals surface area contributed by atoms with E-state index in [1.165, 1.54) is 6.07 Å². The minimum Gasteiger partial charge on any atom is -0.454 e. The summed E-state index contributed by atoms with van der Waals surface area (Å²) in [5.41, 5.74) is 0.576. The minimum atomic E-state index is -0.768. The van der Waals surface area contributed by atoms with Crippen LogP contribution in [0, 0.1) is 17.6 Å². The topological polar surface area (TPSA) is 41.6 Å². The average Bonchev–Trinajstić information content (AvgIpc) is 2.69. The average molecular weight is 411 g/mol. The summed E-state index contributed by atoms with van der Waals surface area (Å²) in [4.78, 5) is 14.5. The second-order valence-corrected chi connectivity index (χ2v) is 6.74. The van der Waals surface area contributed by atoms with Gasteiger partial charge in [0.15, 0.2) is 11.6 Å². The first-order valence-corrected chi connectivity index (χ1v) is 9.29. The van der Waals surface area contributed by atoms with E-state index in [9.17, 15) is 13.6 Å². The molecule has 152 valence electrons. The van der Waals surface area contributed by atoms with Crippen molar-refractivity contribution >= 4 is 18.3 Å². The Hall–Kier alpha value is -2.18. The predicted molar refractivity (Wildman–Crippen MR) is 107 cm³/mol. The number of benzene rings is 2. The Kier molecular flexibility index (Phi) is 8.20. The molecule has 4 nitrogen and oxygen atoms in total. The zero-order chi connectivity index (χ0) is 19.2. The van der Waals surface area contributed by atoms with Gasteiger partial charge in [0.05, 0.1) is 0 Å². The highest BCUT2D eigenvalue weighted by Gasteiger charge is 2.23. The maximum atomic E-state index is 13.7. The molecule has 1 fully saturated rings. The van der Waals surface area contributed by atoms with Crippen LogP contribution in [0.3, 0.4) is 0 Å². The Balaban J connectivity index is 0.00000280. The Morgan fingerprint density at radius 2 is 1.82 bits per heavy atom. The number of nitrogens with zero attached hydrogens (tertiary/aromatic N) is 1. The van der Waals surface area contributed by atoms with Crippen molar-refractivity contribution in [3.8, 4) is 11.5 Å². The number of piperidine rings is 1. The highest BCUT2D eigenvalue weighted by atomic mass is 35.5. The van der Waals surface area contributed by atoms with E-state index in [2.05, 4.69) is 12.2 Å². The molecule has 0 unspecified atom stereocenters. The first kappa shape index (κ1) is 22.1. The molecule has 28 heavy (non-hydrogen) atoms. The van der Waals surface area contributed by atoms with Gasteiger partial charge in [0.1, 0.15) is 11.6 Å². The lowest BCUT2D eigenvalue weighted by atomic mass is 9.96. The Morgan fingerprint density at radius 1 is 1.14 bits per heavy atom. The second-order valence-electron chi connectivity index (χ2n) is 6.74. The van der Waals surface area contributed by atoms with E-state index in [-0.39, 0.29) is 24.1 Å². The van der Waals surface area contributed by atoms with Crippen LogP contribution in [0.5, 0.6) is 11.5 Å². The lowest BCUT2D eigenvalue weighted by molar-refractivity contribution is 0.0690. The van der Waals surface area contributed by atoms with E-state index in [0.717, 1.165) is 51.2 Å². The monoisotopic (exact) mass is 410 g/mol. The van der Waals surface area contributed by atoms with Gasteiger partial charge in [0.2, 0.25) is 0 Å². The summed E-state index contributed by atoms with van der Waals surface area (Å²) in [6.45, 7) is 5.58. The van der Waals surface area contributed by atoms with Gasteiger partial charge in [-0.25, -0.2) is 8.78 Å². The van der Waals surface area contributed by atoms with Crippen LogP contribution in [0.4, 0.5) is 8.78 Å². The number of hydrogen-bond acceptors (Lipinski definition) is 3. The molecule has 3 rings (SSSR count). The molecule has 1 N–H and O–H groups in total. The van der Waals surface area contributed by atoms with Gasteiger partial charge >= 0.3 is 0 Å². The molecule has 1 aliphatic rings. The minimum absolute atomic E-state index is 0. The van der Waals surface area contributed by atoms with Gasteiger partial charge < -0.3 is 15.0 Å². The number of nitrogens with one attached hydrogen (secondary N) is 1. The molecule has 0 bridgehead atoms. The van der Waals surface area contributed by atoms with Gasteiger partial charge in [0, 0.05) is 24.7 Å². The Labute approximate surface area is 170 Å². The molecular formula is C21H25ClF2N2O2. The third kappa shape index (κ3) is 5.66. The van der Waals surface area contributed by atoms with E-state index in [1.54, 1.807) is 24.3 Å². The molecule has 2 aromatic carbocycles. The van der Waals surface area contributed by atoms with Crippen molar-refractivity contribution in [3.05, 3.63) is 59.7 Å². The Bertz CT molecular complexity index is 778. The molecular weight excluding hydrogens is 386 g/mol. The summed E-state index contributed by atoms with van der Waals surface area (Å²) in [5, 5.41) is 3.36. The second kappa shape index (κ2) is 10.4. The van der Waals surface area contributed by atoms with Crippen LogP contribution >= 0.6 is 12.4 Å². The van der Waals surface area contributed by atoms with Gasteiger partial charge in [-0.3, -0.25) is 4.79 Å². The lowest BCUT2D eigenvalue weighted by Gasteiger charge is -2.32. The normalized spacial score (nSPS) is 14.5.